The lowest BCUT2D eigenvalue weighted by molar-refractivity contribution is -0.150. The minimum Gasteiger partial charge on any atom is -0.463 e. The molecule has 6 nitrogen and oxygen atoms in total. The van der Waals surface area contributed by atoms with Gasteiger partial charge in [0, 0.05) is 5.57 Å². The van der Waals surface area contributed by atoms with Crippen LogP contribution in [0.3, 0.4) is 0 Å². The summed E-state index contributed by atoms with van der Waals surface area (Å²) in [6, 6.07) is 0. The molecule has 0 radical (unpaired) electrons. The summed E-state index contributed by atoms with van der Waals surface area (Å²) in [7, 11) is 0. The maximum absolute atomic E-state index is 11.4. The van der Waals surface area contributed by atoms with E-state index in [9.17, 15) is 14.4 Å². The van der Waals surface area contributed by atoms with Gasteiger partial charge in [0.15, 0.2) is 0 Å². The Labute approximate surface area is 105 Å². The summed E-state index contributed by atoms with van der Waals surface area (Å²) in [5, 5.41) is 0. The predicted octanol–water partition coefficient (Wildman–Crippen LogP) is 1.12. The lowest BCUT2D eigenvalue weighted by Crippen LogP contribution is -2.17. The van der Waals surface area contributed by atoms with E-state index in [4.69, 9.17) is 4.74 Å². The van der Waals surface area contributed by atoms with Gasteiger partial charge in [0.25, 0.3) is 0 Å². The number of esters is 3. The highest BCUT2D eigenvalue weighted by Crippen LogP contribution is 2.06. The maximum Gasteiger partial charge on any atom is 0.374 e. The second-order valence-corrected chi connectivity index (χ2v) is 3.15. The number of hydrogen-bond donors (Lipinski definition) is 0. The first-order valence-electron chi connectivity index (χ1n) is 5.35. The maximum atomic E-state index is 11.4. The second-order valence-electron chi connectivity index (χ2n) is 3.15. The first kappa shape index (κ1) is 15.9. The van der Waals surface area contributed by atoms with Gasteiger partial charge in [-0.2, -0.15) is 0 Å². The second kappa shape index (κ2) is 8.05. The van der Waals surface area contributed by atoms with Crippen molar-refractivity contribution in [1.82, 2.24) is 0 Å². The minimum atomic E-state index is -0.917. The quantitative estimate of drug-likeness (QED) is 0.306. The van der Waals surface area contributed by atoms with Crippen molar-refractivity contribution < 1.29 is 28.6 Å². The van der Waals surface area contributed by atoms with E-state index in [1.165, 1.54) is 6.92 Å². The molecule has 0 aliphatic heterocycles. The molecule has 0 aliphatic carbocycles. The van der Waals surface area contributed by atoms with Crippen LogP contribution in [0.25, 0.3) is 0 Å². The van der Waals surface area contributed by atoms with Gasteiger partial charge in [0.2, 0.25) is 5.76 Å². The van der Waals surface area contributed by atoms with Crippen LogP contribution in [0.5, 0.6) is 0 Å². The van der Waals surface area contributed by atoms with Crippen molar-refractivity contribution in [3.8, 4) is 0 Å². The van der Waals surface area contributed by atoms with Crippen LogP contribution in [0.1, 0.15) is 20.8 Å². The van der Waals surface area contributed by atoms with Gasteiger partial charge < -0.3 is 14.2 Å². The summed E-state index contributed by atoms with van der Waals surface area (Å²) < 4.78 is 13.9. The summed E-state index contributed by atoms with van der Waals surface area (Å²) in [5.41, 5.74) is 0.0917. The van der Waals surface area contributed by atoms with Gasteiger partial charge in [0.05, 0.1) is 19.3 Å². The van der Waals surface area contributed by atoms with Crippen LogP contribution in [0.4, 0.5) is 0 Å². The topological polar surface area (TPSA) is 78.9 Å². The van der Waals surface area contributed by atoms with E-state index in [0.29, 0.717) is 0 Å². The van der Waals surface area contributed by atoms with Gasteiger partial charge in [-0.25, -0.2) is 14.4 Å². The molecular formula is C12H16O6. The zero-order valence-corrected chi connectivity index (χ0v) is 10.6. The first-order chi connectivity index (χ1) is 8.42. The number of rotatable bonds is 6. The van der Waals surface area contributed by atoms with Gasteiger partial charge in [0.1, 0.15) is 0 Å². The van der Waals surface area contributed by atoms with Crippen molar-refractivity contribution in [3.63, 3.8) is 0 Å². The summed E-state index contributed by atoms with van der Waals surface area (Å²) in [6.07, 6.45) is 0.766. The summed E-state index contributed by atoms with van der Waals surface area (Å²) >= 11 is 0. The Morgan fingerprint density at radius 2 is 1.61 bits per heavy atom. The molecule has 0 aromatic rings. The number of carbonyl (C=O) groups excluding carboxylic acids is 3. The molecule has 0 N–H and O–H groups in total. The Bertz CT molecular complexity index is 380. The van der Waals surface area contributed by atoms with Crippen LogP contribution < -0.4 is 0 Å². The lowest BCUT2D eigenvalue weighted by atomic mass is 10.3. The molecule has 0 saturated carbocycles. The average Bonchev–Trinajstić information content (AvgIpc) is 2.28. The molecule has 0 saturated heterocycles. The molecule has 0 heterocycles. The molecule has 0 fully saturated rings. The Balaban J connectivity index is 4.93. The van der Waals surface area contributed by atoms with Crippen molar-refractivity contribution in [1.29, 1.82) is 0 Å². The monoisotopic (exact) mass is 256 g/mol. The standard InChI is InChI=1S/C12H16O6/c1-5-16-10(13)7-9(12(15)17-6-2)18-11(14)8(3)4/h7H,3,5-6H2,1-2,4H3/b9-7-. The van der Waals surface area contributed by atoms with Crippen LogP contribution in [-0.4, -0.2) is 31.1 Å². The molecule has 0 aromatic heterocycles. The van der Waals surface area contributed by atoms with E-state index in [1.54, 1.807) is 13.8 Å². The Morgan fingerprint density at radius 3 is 2.06 bits per heavy atom. The van der Waals surface area contributed by atoms with Crippen LogP contribution in [0.15, 0.2) is 24.0 Å². The van der Waals surface area contributed by atoms with Crippen molar-refractivity contribution in [2.45, 2.75) is 20.8 Å². The molecule has 0 aromatic carbocycles. The van der Waals surface area contributed by atoms with Gasteiger partial charge in [-0.05, 0) is 20.8 Å². The highest BCUT2D eigenvalue weighted by atomic mass is 16.6. The van der Waals surface area contributed by atoms with E-state index in [0.717, 1.165) is 6.08 Å². The third-order valence-corrected chi connectivity index (χ3v) is 1.56. The zero-order valence-electron chi connectivity index (χ0n) is 10.6. The van der Waals surface area contributed by atoms with Crippen LogP contribution in [0.2, 0.25) is 0 Å². The molecular weight excluding hydrogens is 240 g/mol. The molecule has 0 atom stereocenters. The van der Waals surface area contributed by atoms with E-state index >= 15 is 0 Å². The Kier molecular flexibility index (Phi) is 7.11. The highest BCUT2D eigenvalue weighted by Gasteiger charge is 2.19. The molecule has 18 heavy (non-hydrogen) atoms. The van der Waals surface area contributed by atoms with Crippen molar-refractivity contribution in [2.75, 3.05) is 13.2 Å². The van der Waals surface area contributed by atoms with Crippen LogP contribution in [0, 0.1) is 0 Å². The van der Waals surface area contributed by atoms with Gasteiger partial charge in [-0.15, -0.1) is 0 Å². The molecule has 0 rings (SSSR count). The normalized spacial score (nSPS) is 10.5. The van der Waals surface area contributed by atoms with Crippen molar-refractivity contribution in [2.24, 2.45) is 0 Å². The molecule has 6 heteroatoms. The molecule has 0 amide bonds. The third-order valence-electron chi connectivity index (χ3n) is 1.56. The van der Waals surface area contributed by atoms with Crippen molar-refractivity contribution >= 4 is 17.9 Å². The van der Waals surface area contributed by atoms with E-state index in [2.05, 4.69) is 16.1 Å². The minimum absolute atomic E-state index is 0.0869. The molecule has 100 valence electrons. The largest absolute Gasteiger partial charge is 0.463 e. The third kappa shape index (κ3) is 5.83. The molecule has 0 aliphatic rings. The van der Waals surface area contributed by atoms with E-state index < -0.39 is 23.7 Å². The molecule has 0 unspecified atom stereocenters. The molecule has 0 spiro atoms. The van der Waals surface area contributed by atoms with E-state index in [-0.39, 0.29) is 18.8 Å². The van der Waals surface area contributed by atoms with Crippen LogP contribution in [-0.2, 0) is 28.6 Å². The van der Waals surface area contributed by atoms with Gasteiger partial charge in [-0.3, -0.25) is 0 Å². The number of hydrogen-bond acceptors (Lipinski definition) is 6. The Hall–Kier alpha value is -2.11. The molecule has 0 bridgehead atoms. The smallest absolute Gasteiger partial charge is 0.374 e. The van der Waals surface area contributed by atoms with Crippen LogP contribution >= 0.6 is 0 Å². The summed E-state index contributed by atoms with van der Waals surface area (Å²) in [5.74, 6) is -3.06. The number of carbonyl (C=O) groups is 3. The zero-order chi connectivity index (χ0) is 14.1. The van der Waals surface area contributed by atoms with Gasteiger partial charge >= 0.3 is 17.9 Å². The van der Waals surface area contributed by atoms with Gasteiger partial charge in [-0.1, -0.05) is 6.58 Å². The lowest BCUT2D eigenvalue weighted by Gasteiger charge is -2.07. The first-order valence-corrected chi connectivity index (χ1v) is 5.35. The SMILES string of the molecule is C=C(C)C(=O)O/C(=C\C(=O)OCC)C(=O)OCC. The fourth-order valence-electron chi connectivity index (χ4n) is 0.810. The fourth-order valence-corrected chi connectivity index (χ4v) is 0.810. The summed E-state index contributed by atoms with van der Waals surface area (Å²) in [4.78, 5) is 33.9. The fraction of sp³-hybridized carbons (Fsp3) is 0.417. The summed E-state index contributed by atoms with van der Waals surface area (Å²) in [6.45, 7) is 8.19. The van der Waals surface area contributed by atoms with Crippen molar-refractivity contribution in [3.05, 3.63) is 24.0 Å². The Morgan fingerprint density at radius 1 is 1.06 bits per heavy atom. The van der Waals surface area contributed by atoms with E-state index in [1.807, 2.05) is 0 Å². The predicted molar refractivity (Wildman–Crippen MR) is 62.3 cm³/mol. The number of ether oxygens (including phenoxy) is 3. The highest BCUT2D eigenvalue weighted by molar-refractivity contribution is 5.98. The average molecular weight is 256 g/mol.